The maximum Gasteiger partial charge on any atom is 0.307 e. The molecular weight excluding hydrogens is 326 g/mol. The Balaban J connectivity index is 0.000000613. The number of carbonyl (C=O) groups is 2. The highest BCUT2D eigenvalue weighted by Gasteiger charge is 2.61. The van der Waals surface area contributed by atoms with E-state index in [0.717, 1.165) is 44.9 Å². The number of hydrogen-bond donors (Lipinski definition) is 2. The molecule has 4 nitrogen and oxygen atoms in total. The van der Waals surface area contributed by atoms with Gasteiger partial charge in [0, 0.05) is 12.5 Å². The van der Waals surface area contributed by atoms with Gasteiger partial charge in [-0.2, -0.15) is 0 Å². The van der Waals surface area contributed by atoms with Crippen molar-refractivity contribution in [1.82, 2.24) is 5.32 Å². The van der Waals surface area contributed by atoms with Gasteiger partial charge in [-0.1, -0.05) is 34.1 Å². The molecule has 3 aliphatic carbocycles. The molecule has 4 rings (SSSR count). The maximum absolute atomic E-state index is 11.8. The van der Waals surface area contributed by atoms with E-state index in [1.165, 1.54) is 6.42 Å². The number of rotatable bonds is 1. The molecule has 1 saturated heterocycles. The minimum atomic E-state index is -0.585. The molecular formula is C22H37NO3. The number of amides is 1. The van der Waals surface area contributed by atoms with E-state index in [1.807, 2.05) is 0 Å². The molecule has 1 aliphatic heterocycles. The molecule has 1 amide bonds. The molecule has 1 heterocycles. The van der Waals surface area contributed by atoms with Gasteiger partial charge in [-0.25, -0.2) is 0 Å². The molecule has 4 aliphatic rings. The molecule has 148 valence electrons. The van der Waals surface area contributed by atoms with E-state index in [1.54, 1.807) is 0 Å². The van der Waals surface area contributed by atoms with Crippen molar-refractivity contribution < 1.29 is 14.7 Å². The van der Waals surface area contributed by atoms with Crippen LogP contribution in [0.2, 0.25) is 0 Å². The fourth-order valence-electron chi connectivity index (χ4n) is 7.11. The summed E-state index contributed by atoms with van der Waals surface area (Å²) in [7, 11) is 0. The Kier molecular flexibility index (Phi) is 5.43. The lowest BCUT2D eigenvalue weighted by Crippen LogP contribution is -2.61. The Morgan fingerprint density at radius 3 is 2.35 bits per heavy atom. The van der Waals surface area contributed by atoms with E-state index < -0.39 is 5.97 Å². The zero-order valence-electron chi connectivity index (χ0n) is 17.0. The third-order valence-corrected chi connectivity index (χ3v) is 8.39. The van der Waals surface area contributed by atoms with Crippen molar-refractivity contribution in [2.45, 2.75) is 91.5 Å². The topological polar surface area (TPSA) is 66.4 Å². The zero-order valence-corrected chi connectivity index (χ0v) is 17.0. The van der Waals surface area contributed by atoms with Crippen LogP contribution < -0.4 is 5.32 Å². The lowest BCUT2D eigenvalue weighted by molar-refractivity contribution is -0.152. The first-order chi connectivity index (χ1) is 12.3. The second-order valence-electron chi connectivity index (χ2n) is 9.80. The van der Waals surface area contributed by atoms with E-state index >= 15 is 0 Å². The molecule has 4 heteroatoms. The van der Waals surface area contributed by atoms with E-state index in [2.05, 4.69) is 33.0 Å². The predicted octanol–water partition coefficient (Wildman–Crippen LogP) is 4.62. The molecule has 26 heavy (non-hydrogen) atoms. The third kappa shape index (κ3) is 2.97. The average molecular weight is 364 g/mol. The number of carboxylic acids is 1. The summed E-state index contributed by atoms with van der Waals surface area (Å²) in [5, 5.41) is 12.9. The molecule has 0 bridgehead atoms. The van der Waals surface area contributed by atoms with Gasteiger partial charge in [0.1, 0.15) is 0 Å². The molecule has 4 fully saturated rings. The Morgan fingerprint density at radius 2 is 1.69 bits per heavy atom. The molecule has 2 N–H and O–H groups in total. The second kappa shape index (κ2) is 7.16. The Bertz CT molecular complexity index is 562. The van der Waals surface area contributed by atoms with Crippen LogP contribution in [0, 0.1) is 34.5 Å². The summed E-state index contributed by atoms with van der Waals surface area (Å²) in [6.45, 7) is 8.89. The summed E-state index contributed by atoms with van der Waals surface area (Å²) >= 11 is 0. The number of piperidine rings is 1. The lowest BCUT2D eigenvalue weighted by atomic mass is 9.47. The number of carboxylic acid groups (broad SMARTS) is 1. The molecule has 0 aromatic heterocycles. The van der Waals surface area contributed by atoms with E-state index in [0.29, 0.717) is 30.2 Å². The van der Waals surface area contributed by atoms with Gasteiger partial charge in [-0.05, 0) is 73.5 Å². The van der Waals surface area contributed by atoms with Gasteiger partial charge in [-0.3, -0.25) is 9.59 Å². The summed E-state index contributed by atoms with van der Waals surface area (Å²) in [5.41, 5.74) is 0.216. The summed E-state index contributed by atoms with van der Waals surface area (Å²) < 4.78 is 0. The van der Waals surface area contributed by atoms with Gasteiger partial charge in [0.05, 0.1) is 5.92 Å². The van der Waals surface area contributed by atoms with Crippen LogP contribution in [0.3, 0.4) is 0 Å². The van der Waals surface area contributed by atoms with E-state index in [9.17, 15) is 14.7 Å². The number of fused-ring (bicyclic) bond motifs is 5. The van der Waals surface area contributed by atoms with Gasteiger partial charge < -0.3 is 10.4 Å². The summed E-state index contributed by atoms with van der Waals surface area (Å²) in [6.07, 6.45) is 9.30. The van der Waals surface area contributed by atoms with Crippen LogP contribution in [0.15, 0.2) is 0 Å². The highest BCUT2D eigenvalue weighted by Crippen LogP contribution is 2.65. The first kappa shape index (κ1) is 19.7. The normalized spacial score (nSPS) is 46.8. The van der Waals surface area contributed by atoms with Gasteiger partial charge in [0.25, 0.3) is 0 Å². The van der Waals surface area contributed by atoms with Crippen molar-refractivity contribution in [3.63, 3.8) is 0 Å². The number of nitrogens with one attached hydrogen (secondary N) is 1. The Morgan fingerprint density at radius 1 is 1.04 bits per heavy atom. The van der Waals surface area contributed by atoms with Gasteiger partial charge in [0.2, 0.25) is 5.91 Å². The first-order valence-corrected chi connectivity index (χ1v) is 10.8. The summed E-state index contributed by atoms with van der Waals surface area (Å²) in [4.78, 5) is 23.5. The van der Waals surface area contributed by atoms with Crippen molar-refractivity contribution in [3.05, 3.63) is 0 Å². The Hall–Kier alpha value is -1.06. The monoisotopic (exact) mass is 363 g/mol. The molecule has 7 atom stereocenters. The van der Waals surface area contributed by atoms with Gasteiger partial charge >= 0.3 is 5.97 Å². The highest BCUT2D eigenvalue weighted by atomic mass is 16.4. The number of carbonyl (C=O) groups excluding carboxylic acids is 1. The molecule has 0 aromatic rings. The fraction of sp³-hybridized carbons (Fsp3) is 0.909. The Labute approximate surface area is 158 Å². The summed E-state index contributed by atoms with van der Waals surface area (Å²) in [6, 6.07) is 0.339. The minimum absolute atomic E-state index is 0.00584. The van der Waals surface area contributed by atoms with Crippen LogP contribution in [0.25, 0.3) is 0 Å². The van der Waals surface area contributed by atoms with Crippen LogP contribution in [0.1, 0.15) is 85.5 Å². The van der Waals surface area contributed by atoms with E-state index in [-0.39, 0.29) is 22.7 Å². The molecule has 0 aromatic carbocycles. The van der Waals surface area contributed by atoms with E-state index in [4.69, 9.17) is 0 Å². The maximum atomic E-state index is 11.8. The van der Waals surface area contributed by atoms with Gasteiger partial charge in [0.15, 0.2) is 0 Å². The van der Waals surface area contributed by atoms with Crippen LogP contribution in [0.4, 0.5) is 0 Å². The third-order valence-electron chi connectivity index (χ3n) is 8.39. The lowest BCUT2D eigenvalue weighted by Gasteiger charge is -2.60. The number of hydrogen-bond acceptors (Lipinski definition) is 2. The molecule has 0 radical (unpaired) electrons. The van der Waals surface area contributed by atoms with Crippen LogP contribution >= 0.6 is 0 Å². The highest BCUT2D eigenvalue weighted by molar-refractivity contribution is 5.77. The predicted molar refractivity (Wildman–Crippen MR) is 103 cm³/mol. The SMILES string of the molecule is CC12CCC(=O)NC1CCC1C2CCC2(C)C(C(=O)O)CCC12.CCC. The standard InChI is InChI=1S/C19H29NO3.C3H8/c1-18-9-7-13-11(12(18)4-5-14(18)17(22)23)3-6-15-19(13,2)10-8-16(21)20-15;1-3-2/h11-15H,3-10H2,1-2H3,(H,20,21)(H,22,23);3H2,1-2H3. The second-order valence-corrected chi connectivity index (χ2v) is 9.80. The average Bonchev–Trinajstić information content (AvgIpc) is 2.93. The number of aliphatic carboxylic acids is 1. The minimum Gasteiger partial charge on any atom is -0.481 e. The van der Waals surface area contributed by atoms with Crippen molar-refractivity contribution in [3.8, 4) is 0 Å². The summed E-state index contributed by atoms with van der Waals surface area (Å²) in [5.74, 6) is 1.38. The van der Waals surface area contributed by atoms with Crippen LogP contribution in [-0.2, 0) is 9.59 Å². The molecule has 3 saturated carbocycles. The van der Waals surface area contributed by atoms with Crippen molar-refractivity contribution in [2.75, 3.05) is 0 Å². The first-order valence-electron chi connectivity index (χ1n) is 10.8. The van der Waals surface area contributed by atoms with Crippen molar-refractivity contribution >= 4 is 11.9 Å². The van der Waals surface area contributed by atoms with Crippen molar-refractivity contribution in [1.29, 1.82) is 0 Å². The van der Waals surface area contributed by atoms with Crippen LogP contribution in [0.5, 0.6) is 0 Å². The van der Waals surface area contributed by atoms with Crippen molar-refractivity contribution in [2.24, 2.45) is 34.5 Å². The molecule has 0 spiro atoms. The fourth-order valence-corrected chi connectivity index (χ4v) is 7.11. The zero-order chi connectivity index (χ0) is 19.1. The quantitative estimate of drug-likeness (QED) is 0.714. The van der Waals surface area contributed by atoms with Crippen LogP contribution in [-0.4, -0.2) is 23.0 Å². The van der Waals surface area contributed by atoms with Gasteiger partial charge in [-0.15, -0.1) is 0 Å². The molecule has 7 unspecified atom stereocenters. The largest absolute Gasteiger partial charge is 0.481 e. The smallest absolute Gasteiger partial charge is 0.307 e.